The number of aliphatic hydroxyl groups is 1. The number of aromatic nitrogens is 3. The number of rotatable bonds is 2. The molecule has 2 aliphatic heterocycles. The maximum absolute atomic E-state index is 14.1. The number of amides is 1. The van der Waals surface area contributed by atoms with Crippen LogP contribution >= 0.6 is 0 Å². The van der Waals surface area contributed by atoms with Crippen LogP contribution in [-0.4, -0.2) is 73.0 Å². The van der Waals surface area contributed by atoms with Gasteiger partial charge in [0, 0.05) is 35.2 Å². The number of H-pyrrole nitrogens is 1. The number of phenols is 1. The molecule has 3 aromatic rings. The number of piperidine rings is 1. The SMILES string of the molecule is Cc1[nH]nc2nc(-c3ccc(O)cc3)cc(C(=O)N3C[C@@]4(C)C(O)C5(C)CN(C)C34C5)c12. The average molecular weight is 434 g/mol. The van der Waals surface area contributed by atoms with Crippen molar-refractivity contribution in [2.75, 3.05) is 20.1 Å². The predicted molar refractivity (Wildman–Crippen MR) is 119 cm³/mol. The summed E-state index contributed by atoms with van der Waals surface area (Å²) in [7, 11) is 2.06. The number of likely N-dealkylation sites (tertiary alicyclic amines) is 2. The smallest absolute Gasteiger partial charge is 0.256 e. The lowest BCUT2D eigenvalue weighted by Crippen LogP contribution is -2.81. The number of nitrogens with one attached hydrogen (secondary N) is 1. The Morgan fingerprint density at radius 3 is 2.62 bits per heavy atom. The Kier molecular flexibility index (Phi) is 3.62. The van der Waals surface area contributed by atoms with Gasteiger partial charge in [-0.05, 0) is 50.7 Å². The number of aliphatic hydroxyl groups excluding tert-OH is 1. The Hall–Kier alpha value is -2.97. The summed E-state index contributed by atoms with van der Waals surface area (Å²) < 4.78 is 0. The number of fused-ring (bicyclic) bond motifs is 2. The molecule has 3 unspecified atom stereocenters. The first kappa shape index (κ1) is 19.7. The van der Waals surface area contributed by atoms with Gasteiger partial charge in [-0.2, -0.15) is 5.10 Å². The maximum Gasteiger partial charge on any atom is 0.256 e. The highest BCUT2D eigenvalue weighted by molar-refractivity contribution is 6.08. The molecule has 8 heteroatoms. The Bertz CT molecular complexity index is 1290. The molecule has 8 nitrogen and oxygen atoms in total. The normalized spacial score (nSPS) is 33.5. The van der Waals surface area contributed by atoms with E-state index < -0.39 is 11.8 Å². The van der Waals surface area contributed by atoms with E-state index in [1.54, 1.807) is 24.3 Å². The van der Waals surface area contributed by atoms with Crippen molar-refractivity contribution in [1.29, 1.82) is 0 Å². The summed E-state index contributed by atoms with van der Waals surface area (Å²) in [6, 6.07) is 8.59. The van der Waals surface area contributed by atoms with Crippen LogP contribution in [0, 0.1) is 17.8 Å². The molecule has 1 spiro atoms. The van der Waals surface area contributed by atoms with Crippen LogP contribution in [0.25, 0.3) is 22.3 Å². The molecule has 32 heavy (non-hydrogen) atoms. The molecule has 3 aliphatic rings. The maximum atomic E-state index is 14.1. The average Bonchev–Trinajstić information content (AvgIpc) is 3.32. The molecular formula is C24H27N5O3. The molecular weight excluding hydrogens is 406 g/mol. The van der Waals surface area contributed by atoms with Crippen molar-refractivity contribution >= 4 is 16.9 Å². The van der Waals surface area contributed by atoms with E-state index in [2.05, 4.69) is 41.0 Å². The summed E-state index contributed by atoms with van der Waals surface area (Å²) in [5.41, 5.74) is 2.24. The molecule has 166 valence electrons. The van der Waals surface area contributed by atoms with E-state index in [1.807, 2.05) is 17.9 Å². The fourth-order valence-electron chi connectivity index (χ4n) is 6.94. The molecule has 1 aliphatic carbocycles. The van der Waals surface area contributed by atoms with Crippen LogP contribution in [0.5, 0.6) is 5.75 Å². The van der Waals surface area contributed by atoms with Gasteiger partial charge in [0.25, 0.3) is 5.91 Å². The van der Waals surface area contributed by atoms with E-state index in [-0.39, 0.29) is 22.5 Å². The van der Waals surface area contributed by atoms with Gasteiger partial charge in [0.1, 0.15) is 11.4 Å². The number of aromatic hydroxyl groups is 1. The molecule has 1 saturated carbocycles. The molecule has 2 bridgehead atoms. The van der Waals surface area contributed by atoms with E-state index in [0.29, 0.717) is 23.4 Å². The number of carbonyl (C=O) groups is 1. The lowest BCUT2D eigenvalue weighted by molar-refractivity contribution is -0.229. The summed E-state index contributed by atoms with van der Waals surface area (Å²) in [6.07, 6.45) is 0.333. The topological polar surface area (TPSA) is 106 Å². The molecule has 1 aromatic carbocycles. The van der Waals surface area contributed by atoms with Gasteiger partial charge in [-0.1, -0.05) is 13.8 Å². The van der Waals surface area contributed by atoms with Crippen LogP contribution in [0.3, 0.4) is 0 Å². The number of aryl methyl sites for hydroxylation is 1. The van der Waals surface area contributed by atoms with E-state index >= 15 is 0 Å². The fraction of sp³-hybridized carbons (Fsp3) is 0.458. The Morgan fingerprint density at radius 1 is 1.22 bits per heavy atom. The third kappa shape index (κ3) is 2.12. The highest BCUT2D eigenvalue weighted by Gasteiger charge is 2.80. The lowest BCUT2D eigenvalue weighted by atomic mass is 9.65. The molecule has 0 radical (unpaired) electrons. The second-order valence-corrected chi connectivity index (χ2v) is 10.4. The predicted octanol–water partition coefficient (Wildman–Crippen LogP) is 2.51. The third-order valence-corrected chi connectivity index (χ3v) is 8.34. The van der Waals surface area contributed by atoms with E-state index in [4.69, 9.17) is 0 Å². The molecule has 2 aromatic heterocycles. The van der Waals surface area contributed by atoms with Crippen LogP contribution < -0.4 is 0 Å². The molecule has 6 rings (SSSR count). The van der Waals surface area contributed by atoms with Crippen molar-refractivity contribution in [2.45, 2.75) is 39.0 Å². The zero-order chi connectivity index (χ0) is 22.6. The first-order valence-corrected chi connectivity index (χ1v) is 11.0. The number of hydrogen-bond acceptors (Lipinski definition) is 6. The van der Waals surface area contributed by atoms with Crippen LogP contribution in [-0.2, 0) is 0 Å². The van der Waals surface area contributed by atoms with Gasteiger partial charge in [0.05, 0.1) is 22.7 Å². The van der Waals surface area contributed by atoms with E-state index in [0.717, 1.165) is 29.6 Å². The summed E-state index contributed by atoms with van der Waals surface area (Å²) in [5.74, 6) is 0.109. The fourth-order valence-corrected chi connectivity index (χ4v) is 6.94. The molecule has 3 N–H and O–H groups in total. The van der Waals surface area contributed by atoms with Gasteiger partial charge < -0.3 is 15.1 Å². The van der Waals surface area contributed by atoms with E-state index in [1.165, 1.54) is 0 Å². The minimum Gasteiger partial charge on any atom is -0.508 e. The number of pyridine rings is 1. The van der Waals surface area contributed by atoms with Crippen LogP contribution in [0.15, 0.2) is 30.3 Å². The lowest BCUT2D eigenvalue weighted by Gasteiger charge is -2.66. The van der Waals surface area contributed by atoms with Gasteiger partial charge in [-0.3, -0.25) is 14.8 Å². The summed E-state index contributed by atoms with van der Waals surface area (Å²) in [5, 5.41) is 28.8. The van der Waals surface area contributed by atoms with Crippen molar-refractivity contribution in [2.24, 2.45) is 10.8 Å². The zero-order valence-corrected chi connectivity index (χ0v) is 18.7. The van der Waals surface area contributed by atoms with Crippen molar-refractivity contribution < 1.29 is 15.0 Å². The molecule has 3 fully saturated rings. The standard InChI is InChI=1S/C24H27N5O3/c1-13-18-16(9-17(25-19(18)27-26-13)14-5-7-15(30)8-6-14)20(31)29-12-23(3)21(32)22(2)10-24(23,29)28(4)11-22/h5-9,21,30,32H,10-12H2,1-4H3,(H,25,26,27)/t21?,22?,23-,24?/m0/s1. The van der Waals surface area contributed by atoms with Crippen LogP contribution in [0.2, 0.25) is 0 Å². The number of aromatic amines is 1. The molecule has 2 saturated heterocycles. The first-order chi connectivity index (χ1) is 15.1. The number of carbonyl (C=O) groups excluding carboxylic acids is 1. The number of phenolic OH excluding ortho intramolecular Hbond substituents is 1. The summed E-state index contributed by atoms with van der Waals surface area (Å²) >= 11 is 0. The van der Waals surface area contributed by atoms with Crippen LogP contribution in [0.1, 0.15) is 36.3 Å². The third-order valence-electron chi connectivity index (χ3n) is 8.34. The minimum atomic E-state index is -0.482. The van der Waals surface area contributed by atoms with Crippen molar-refractivity contribution in [3.8, 4) is 17.0 Å². The molecule has 1 amide bonds. The second-order valence-electron chi connectivity index (χ2n) is 10.4. The van der Waals surface area contributed by atoms with Crippen molar-refractivity contribution in [3.63, 3.8) is 0 Å². The largest absolute Gasteiger partial charge is 0.508 e. The Labute approximate surface area is 185 Å². The summed E-state index contributed by atoms with van der Waals surface area (Å²) in [4.78, 5) is 22.9. The Morgan fingerprint density at radius 2 is 1.94 bits per heavy atom. The van der Waals surface area contributed by atoms with Crippen molar-refractivity contribution in [3.05, 3.63) is 41.6 Å². The highest BCUT2D eigenvalue weighted by atomic mass is 16.3. The first-order valence-electron chi connectivity index (χ1n) is 11.0. The van der Waals surface area contributed by atoms with Gasteiger partial charge >= 0.3 is 0 Å². The Balaban J connectivity index is 1.48. The van der Waals surface area contributed by atoms with Gasteiger partial charge in [-0.15, -0.1) is 0 Å². The highest BCUT2D eigenvalue weighted by Crippen LogP contribution is 2.69. The van der Waals surface area contributed by atoms with Gasteiger partial charge in [-0.25, -0.2) is 4.98 Å². The number of benzene rings is 1. The molecule has 4 heterocycles. The minimum absolute atomic E-state index is 0.0652. The van der Waals surface area contributed by atoms with Gasteiger partial charge in [0.2, 0.25) is 0 Å². The summed E-state index contributed by atoms with van der Waals surface area (Å²) in [6.45, 7) is 7.41. The van der Waals surface area contributed by atoms with Crippen molar-refractivity contribution in [1.82, 2.24) is 25.0 Å². The van der Waals surface area contributed by atoms with E-state index in [9.17, 15) is 15.0 Å². The monoisotopic (exact) mass is 433 g/mol. The van der Waals surface area contributed by atoms with Gasteiger partial charge in [0.15, 0.2) is 5.65 Å². The zero-order valence-electron chi connectivity index (χ0n) is 18.7. The molecule has 4 atom stereocenters. The quantitative estimate of drug-likeness (QED) is 0.574. The second kappa shape index (κ2) is 5.88. The van der Waals surface area contributed by atoms with Crippen LogP contribution in [0.4, 0.5) is 0 Å². The number of nitrogens with zero attached hydrogens (tertiary/aromatic N) is 4. The number of hydrogen-bond donors (Lipinski definition) is 3.